The molecule has 0 fully saturated rings. The first kappa shape index (κ1) is 19.7. The van der Waals surface area contributed by atoms with Gasteiger partial charge in [0, 0.05) is 23.9 Å². The molecule has 0 radical (unpaired) electrons. The zero-order chi connectivity index (χ0) is 17.7. The van der Waals surface area contributed by atoms with Gasteiger partial charge in [0.2, 0.25) is 0 Å². The third-order valence-electron chi connectivity index (χ3n) is 2.38. The maximum absolute atomic E-state index is 10.8. The average Bonchev–Trinajstić information content (AvgIpc) is 2.46. The fraction of sp³-hybridized carbons (Fsp3) is 0. The van der Waals surface area contributed by atoms with Crippen molar-refractivity contribution in [2.75, 3.05) is 5.73 Å². The standard InChI is InChI=1S/C6H6ClO3PS.C6H7NO3S.H2/c7-12(8,9)6-3-1-2-5(4-6)10-11;7-5-2-1-3-6(4-5)11(8,9)10;/h1-4H,11H2;1-4H,7H2,(H,8,9,10);1H/i;;1+2. The van der Waals surface area contributed by atoms with E-state index in [1.807, 2.05) is 9.47 Å². The van der Waals surface area contributed by atoms with E-state index < -0.39 is 19.2 Å². The van der Waals surface area contributed by atoms with Crippen molar-refractivity contribution in [3.8, 4) is 5.75 Å². The van der Waals surface area contributed by atoms with Crippen molar-refractivity contribution in [1.82, 2.24) is 0 Å². The summed E-state index contributed by atoms with van der Waals surface area (Å²) in [6.07, 6.45) is 0. The maximum Gasteiger partial charge on any atom is 0.294 e. The van der Waals surface area contributed by atoms with E-state index in [-0.39, 0.29) is 11.2 Å². The van der Waals surface area contributed by atoms with Crippen molar-refractivity contribution < 1.29 is 27.3 Å². The molecule has 1 atom stereocenters. The van der Waals surface area contributed by atoms with Gasteiger partial charge in [-0.1, -0.05) is 12.1 Å². The molecular formula is C12H15ClNO6PS2. The molecule has 0 saturated carbocycles. The summed E-state index contributed by atoms with van der Waals surface area (Å²) in [6, 6.07) is 11.4. The molecule has 11 heteroatoms. The number of benzene rings is 2. The van der Waals surface area contributed by atoms with Gasteiger partial charge in [0.1, 0.15) is 5.75 Å². The lowest BCUT2D eigenvalue weighted by Gasteiger charge is -1.99. The summed E-state index contributed by atoms with van der Waals surface area (Å²) in [7, 11) is -0.641. The van der Waals surface area contributed by atoms with Crippen LogP contribution in [0.1, 0.15) is 1.43 Å². The first-order valence-corrected chi connectivity index (χ1v) is 10.0. The van der Waals surface area contributed by atoms with Gasteiger partial charge in [-0.25, -0.2) is 8.42 Å². The average molecular weight is 402 g/mol. The minimum absolute atomic E-state index is 0. The molecule has 0 bridgehead atoms. The second-order valence-electron chi connectivity index (χ2n) is 4.08. The molecule has 0 aliphatic heterocycles. The van der Waals surface area contributed by atoms with Gasteiger partial charge in [-0.05, 0) is 30.3 Å². The highest BCUT2D eigenvalue weighted by Gasteiger charge is 2.09. The van der Waals surface area contributed by atoms with Crippen molar-refractivity contribution >= 4 is 45.0 Å². The van der Waals surface area contributed by atoms with Crippen LogP contribution in [0, 0.1) is 0 Å². The van der Waals surface area contributed by atoms with Crippen LogP contribution in [0.15, 0.2) is 58.3 Å². The van der Waals surface area contributed by atoms with Gasteiger partial charge in [0.05, 0.1) is 19.3 Å². The number of anilines is 1. The summed E-state index contributed by atoms with van der Waals surface area (Å²) in [5, 5.41) is 0. The Morgan fingerprint density at radius 1 is 1.04 bits per heavy atom. The highest BCUT2D eigenvalue weighted by atomic mass is 35.7. The van der Waals surface area contributed by atoms with Crippen LogP contribution < -0.4 is 10.3 Å². The second-order valence-corrected chi connectivity index (χ2v) is 8.30. The molecule has 2 aromatic rings. The molecule has 1 unspecified atom stereocenters. The number of nitrogen functional groups attached to an aromatic ring is 1. The zero-order valence-electron chi connectivity index (χ0n) is 11.5. The molecule has 0 aromatic heterocycles. The first-order valence-electron chi connectivity index (χ1n) is 5.78. The van der Waals surface area contributed by atoms with Crippen molar-refractivity contribution in [2.45, 2.75) is 9.79 Å². The largest absolute Gasteiger partial charge is 0.480 e. The van der Waals surface area contributed by atoms with Crippen LogP contribution in [0.25, 0.3) is 0 Å². The van der Waals surface area contributed by atoms with Gasteiger partial charge >= 0.3 is 0 Å². The smallest absolute Gasteiger partial charge is 0.294 e. The van der Waals surface area contributed by atoms with E-state index in [1.54, 1.807) is 12.1 Å². The Morgan fingerprint density at radius 2 is 1.61 bits per heavy atom. The van der Waals surface area contributed by atoms with E-state index in [4.69, 9.17) is 25.5 Å². The molecule has 0 aliphatic rings. The molecular weight excluding hydrogens is 385 g/mol. The van der Waals surface area contributed by atoms with Gasteiger partial charge < -0.3 is 10.3 Å². The molecule has 0 heterocycles. The minimum Gasteiger partial charge on any atom is -0.480 e. The number of hydrogen-bond acceptors (Lipinski definition) is 6. The van der Waals surface area contributed by atoms with Gasteiger partial charge in [-0.3, -0.25) is 4.55 Å². The Balaban J connectivity index is 0.000000425. The van der Waals surface area contributed by atoms with Gasteiger partial charge in [0.15, 0.2) is 0 Å². The lowest BCUT2D eigenvalue weighted by molar-refractivity contribution is 0.483. The summed E-state index contributed by atoms with van der Waals surface area (Å²) < 4.78 is 55.9. The zero-order valence-corrected chi connectivity index (χ0v) is 15.0. The quantitative estimate of drug-likeness (QED) is 0.350. The molecule has 0 aliphatic carbocycles. The van der Waals surface area contributed by atoms with E-state index in [0.29, 0.717) is 11.4 Å². The van der Waals surface area contributed by atoms with Crippen LogP contribution in [-0.4, -0.2) is 21.4 Å². The molecule has 3 N–H and O–H groups in total. The first-order chi connectivity index (χ1) is 10.5. The van der Waals surface area contributed by atoms with E-state index in [9.17, 15) is 16.8 Å². The molecule has 2 rings (SSSR count). The van der Waals surface area contributed by atoms with Crippen LogP contribution in [-0.2, 0) is 19.2 Å². The second kappa shape index (κ2) is 7.94. The van der Waals surface area contributed by atoms with Gasteiger partial charge in [-0.15, -0.1) is 0 Å². The van der Waals surface area contributed by atoms with Gasteiger partial charge in [-0.2, -0.15) is 8.42 Å². The van der Waals surface area contributed by atoms with Crippen LogP contribution >= 0.6 is 20.1 Å². The predicted molar refractivity (Wildman–Crippen MR) is 92.6 cm³/mol. The highest BCUT2D eigenvalue weighted by molar-refractivity contribution is 8.13. The number of halogens is 1. The van der Waals surface area contributed by atoms with Crippen molar-refractivity contribution in [3.63, 3.8) is 0 Å². The molecule has 128 valence electrons. The van der Waals surface area contributed by atoms with Crippen molar-refractivity contribution in [3.05, 3.63) is 48.5 Å². The normalized spacial score (nSPS) is 11.3. The van der Waals surface area contributed by atoms with E-state index in [1.165, 1.54) is 36.4 Å². The number of rotatable bonds is 3. The monoisotopic (exact) mass is 401 g/mol. The summed E-state index contributed by atoms with van der Waals surface area (Å²) in [5.74, 6) is 0.432. The topological polar surface area (TPSA) is 124 Å². The minimum atomic E-state index is -4.11. The lowest BCUT2D eigenvalue weighted by Crippen LogP contribution is -1.98. The third-order valence-corrected chi connectivity index (χ3v) is 4.85. The molecule has 7 nitrogen and oxygen atoms in total. The van der Waals surface area contributed by atoms with Crippen molar-refractivity contribution in [1.29, 1.82) is 0 Å². The van der Waals surface area contributed by atoms with Gasteiger partial charge in [0.25, 0.3) is 19.2 Å². The maximum atomic E-state index is 10.8. The Bertz CT molecular complexity index is 892. The van der Waals surface area contributed by atoms with E-state index >= 15 is 0 Å². The lowest BCUT2D eigenvalue weighted by atomic mass is 10.3. The molecule has 23 heavy (non-hydrogen) atoms. The third kappa shape index (κ3) is 6.72. The molecule has 0 amide bonds. The molecule has 0 spiro atoms. The van der Waals surface area contributed by atoms with E-state index in [2.05, 4.69) is 0 Å². The van der Waals surface area contributed by atoms with Crippen molar-refractivity contribution in [2.24, 2.45) is 0 Å². The summed E-state index contributed by atoms with van der Waals surface area (Å²) in [5.41, 5.74) is 5.59. The van der Waals surface area contributed by atoms with Crippen LogP contribution in [0.4, 0.5) is 5.69 Å². The number of hydrogen-bond donors (Lipinski definition) is 2. The predicted octanol–water partition coefficient (Wildman–Crippen LogP) is 2.54. The Hall–Kier alpha value is -1.38. The van der Waals surface area contributed by atoms with Crippen LogP contribution in [0.5, 0.6) is 5.75 Å². The fourth-order valence-corrected chi connectivity index (χ4v) is 2.84. The summed E-state index contributed by atoms with van der Waals surface area (Å²) >= 11 is 0. The fourth-order valence-electron chi connectivity index (χ4n) is 1.37. The Morgan fingerprint density at radius 3 is 2.04 bits per heavy atom. The van der Waals surface area contributed by atoms with Crippen LogP contribution in [0.3, 0.4) is 0 Å². The Labute approximate surface area is 142 Å². The number of nitrogens with two attached hydrogens (primary N) is 1. The summed E-state index contributed by atoms with van der Waals surface area (Å²) in [6.45, 7) is 0. The van der Waals surface area contributed by atoms with Crippen LogP contribution in [0.2, 0.25) is 0 Å². The molecule has 2 aromatic carbocycles. The Kier molecular flexibility index (Phi) is 6.79. The SMILES string of the molecule is Nc1cccc(S(=O)(=O)O)c1.O=S(=O)(Cl)c1cccc(OP)c1.[3HH]. The van der Waals surface area contributed by atoms with E-state index in [0.717, 1.165) is 0 Å². The summed E-state index contributed by atoms with van der Waals surface area (Å²) in [4.78, 5) is -0.151. The highest BCUT2D eigenvalue weighted by Crippen LogP contribution is 2.21. The molecule has 0 saturated heterocycles.